The van der Waals surface area contributed by atoms with E-state index in [1.54, 1.807) is 0 Å². The summed E-state index contributed by atoms with van der Waals surface area (Å²) >= 11 is 5.97. The highest BCUT2D eigenvalue weighted by atomic mass is 32.1. The molecule has 0 radical (unpaired) electrons. The van der Waals surface area contributed by atoms with Crippen molar-refractivity contribution < 1.29 is 0 Å². The van der Waals surface area contributed by atoms with Crippen LogP contribution in [-0.4, -0.2) is 27.8 Å². The van der Waals surface area contributed by atoms with Crippen LogP contribution in [0.2, 0.25) is 0 Å². The summed E-state index contributed by atoms with van der Waals surface area (Å²) in [6.45, 7) is 15.1. The van der Waals surface area contributed by atoms with Gasteiger partial charge in [-0.15, -0.1) is 0 Å². The zero-order valence-corrected chi connectivity index (χ0v) is 24.0. The van der Waals surface area contributed by atoms with Gasteiger partial charge in [0.05, 0.1) is 17.8 Å². The second kappa shape index (κ2) is 10.6. The fourth-order valence-corrected chi connectivity index (χ4v) is 6.06. The van der Waals surface area contributed by atoms with E-state index in [2.05, 4.69) is 116 Å². The minimum absolute atomic E-state index is 0.0330. The summed E-state index contributed by atoms with van der Waals surface area (Å²) < 4.78 is 2.36. The summed E-state index contributed by atoms with van der Waals surface area (Å²) in [6, 6.07) is 23.8. The molecule has 0 bridgehead atoms. The van der Waals surface area contributed by atoms with Gasteiger partial charge in [-0.05, 0) is 125 Å². The first-order valence-electron chi connectivity index (χ1n) is 13.5. The van der Waals surface area contributed by atoms with Gasteiger partial charge in [-0.1, -0.05) is 12.1 Å². The number of aromatic nitrogens is 2. The number of aryl methyl sites for hydroxylation is 3. The highest BCUT2D eigenvalue weighted by Crippen LogP contribution is 2.44. The van der Waals surface area contributed by atoms with Crippen LogP contribution in [0.3, 0.4) is 0 Å². The smallest absolute Gasteiger partial charge is 0.174 e. The van der Waals surface area contributed by atoms with Gasteiger partial charge in [-0.3, -0.25) is 4.98 Å². The Balaban J connectivity index is 1.62. The number of rotatable bonds is 7. The molecule has 0 saturated carbocycles. The SMILES string of the molecule is CCN(CC)c1ccc(-n2c(C)cc([C@H]3[C@H](c4ccccn4)NC(=S)N3c3ccc(C)c(C)c3)c2C)cc1. The van der Waals surface area contributed by atoms with Crippen molar-refractivity contribution in [3.63, 3.8) is 0 Å². The highest BCUT2D eigenvalue weighted by Gasteiger charge is 2.42. The topological polar surface area (TPSA) is 36.3 Å². The fourth-order valence-electron chi connectivity index (χ4n) is 5.71. The number of thiocarbonyl (C=S) groups is 1. The Labute approximate surface area is 232 Å². The van der Waals surface area contributed by atoms with Crippen molar-refractivity contribution in [3.05, 3.63) is 107 Å². The van der Waals surface area contributed by atoms with Crippen molar-refractivity contribution in [1.82, 2.24) is 14.9 Å². The predicted molar refractivity (Wildman–Crippen MR) is 163 cm³/mol. The largest absolute Gasteiger partial charge is 0.372 e. The van der Waals surface area contributed by atoms with E-state index >= 15 is 0 Å². The lowest BCUT2D eigenvalue weighted by Gasteiger charge is -2.28. The van der Waals surface area contributed by atoms with Crippen LogP contribution in [0.4, 0.5) is 11.4 Å². The van der Waals surface area contributed by atoms with Crippen LogP contribution in [0.25, 0.3) is 5.69 Å². The van der Waals surface area contributed by atoms with Crippen LogP contribution < -0.4 is 15.1 Å². The number of pyridine rings is 1. The lowest BCUT2D eigenvalue weighted by Crippen LogP contribution is -2.29. The van der Waals surface area contributed by atoms with Gasteiger partial charge in [0.25, 0.3) is 0 Å². The second-order valence-electron chi connectivity index (χ2n) is 10.1. The molecule has 5 rings (SSSR count). The third kappa shape index (κ3) is 4.58. The maximum atomic E-state index is 5.97. The van der Waals surface area contributed by atoms with Crippen LogP contribution in [0, 0.1) is 27.7 Å². The average Bonchev–Trinajstić information content (AvgIpc) is 3.42. The number of nitrogens with one attached hydrogen (secondary N) is 1. The van der Waals surface area contributed by atoms with Gasteiger partial charge >= 0.3 is 0 Å². The molecule has 0 aliphatic carbocycles. The molecule has 196 valence electrons. The Hall–Kier alpha value is -3.64. The molecule has 0 spiro atoms. The lowest BCUT2D eigenvalue weighted by molar-refractivity contribution is 0.565. The van der Waals surface area contributed by atoms with Crippen LogP contribution in [0.15, 0.2) is 72.9 Å². The molecule has 6 heteroatoms. The molecule has 1 fully saturated rings. The Bertz CT molecular complexity index is 1440. The van der Waals surface area contributed by atoms with E-state index in [4.69, 9.17) is 17.2 Å². The number of hydrogen-bond donors (Lipinski definition) is 1. The quantitative estimate of drug-likeness (QED) is 0.261. The molecule has 5 nitrogen and oxygen atoms in total. The monoisotopic (exact) mass is 523 g/mol. The molecule has 2 aromatic carbocycles. The summed E-state index contributed by atoms with van der Waals surface area (Å²) in [7, 11) is 0. The van der Waals surface area contributed by atoms with E-state index in [0.29, 0.717) is 0 Å². The van der Waals surface area contributed by atoms with E-state index in [1.165, 1.54) is 39.5 Å². The molecular weight excluding hydrogens is 486 g/mol. The van der Waals surface area contributed by atoms with Crippen molar-refractivity contribution in [3.8, 4) is 5.69 Å². The predicted octanol–water partition coefficient (Wildman–Crippen LogP) is 7.13. The summed E-state index contributed by atoms with van der Waals surface area (Å²) in [4.78, 5) is 9.37. The molecule has 1 aliphatic rings. The van der Waals surface area contributed by atoms with Crippen molar-refractivity contribution in [2.24, 2.45) is 0 Å². The standard InChI is InChI=1S/C32H37N5S/c1-7-35(8-2)25-14-16-26(17-15-25)36-23(5)20-28(24(36)6)31-30(29-11-9-10-18-33-29)34-32(38)37(31)27-13-12-21(3)22(4)19-27/h9-20,30-31H,7-8H2,1-6H3,(H,34,38)/t30-,31-/m0/s1. The summed E-state index contributed by atoms with van der Waals surface area (Å²) in [6.07, 6.45) is 1.86. The Morgan fingerprint density at radius 1 is 0.868 bits per heavy atom. The molecule has 38 heavy (non-hydrogen) atoms. The van der Waals surface area contributed by atoms with E-state index in [0.717, 1.165) is 29.6 Å². The van der Waals surface area contributed by atoms with Gasteiger partial charge in [0.2, 0.25) is 0 Å². The van der Waals surface area contributed by atoms with Gasteiger partial charge in [0, 0.05) is 47.7 Å². The molecule has 1 aliphatic heterocycles. The summed E-state index contributed by atoms with van der Waals surface area (Å²) in [5, 5.41) is 4.33. The number of benzene rings is 2. The first-order chi connectivity index (χ1) is 18.3. The maximum absolute atomic E-state index is 5.97. The van der Waals surface area contributed by atoms with Gasteiger partial charge in [0.15, 0.2) is 5.11 Å². The Kier molecular flexibility index (Phi) is 7.26. The van der Waals surface area contributed by atoms with E-state index < -0.39 is 0 Å². The molecule has 2 atom stereocenters. The van der Waals surface area contributed by atoms with Gasteiger partial charge in [-0.25, -0.2) is 0 Å². The minimum Gasteiger partial charge on any atom is -0.372 e. The first-order valence-corrected chi connectivity index (χ1v) is 13.9. The zero-order chi connectivity index (χ0) is 27.0. The summed E-state index contributed by atoms with van der Waals surface area (Å²) in [5.41, 5.74) is 10.7. The van der Waals surface area contributed by atoms with Gasteiger partial charge < -0.3 is 19.7 Å². The fraction of sp³-hybridized carbons (Fsp3) is 0.312. The Morgan fingerprint density at radius 2 is 1.58 bits per heavy atom. The first kappa shape index (κ1) is 26.0. The van der Waals surface area contributed by atoms with Crippen LogP contribution in [0.1, 0.15) is 59.7 Å². The molecule has 1 saturated heterocycles. The molecule has 4 aromatic rings. The molecule has 2 aromatic heterocycles. The van der Waals surface area contributed by atoms with Crippen LogP contribution in [0.5, 0.6) is 0 Å². The zero-order valence-electron chi connectivity index (χ0n) is 23.2. The van der Waals surface area contributed by atoms with Gasteiger partial charge in [0.1, 0.15) is 0 Å². The molecular formula is C32H37N5S. The van der Waals surface area contributed by atoms with Crippen LogP contribution in [-0.2, 0) is 0 Å². The molecule has 0 amide bonds. The number of nitrogens with zero attached hydrogens (tertiary/aromatic N) is 4. The maximum Gasteiger partial charge on any atom is 0.174 e. The van der Waals surface area contributed by atoms with Crippen molar-refractivity contribution >= 4 is 28.7 Å². The van der Waals surface area contributed by atoms with E-state index in [1.807, 2.05) is 18.3 Å². The lowest BCUT2D eigenvalue weighted by atomic mass is 9.96. The number of anilines is 2. The Morgan fingerprint density at radius 3 is 2.21 bits per heavy atom. The third-order valence-corrected chi connectivity index (χ3v) is 8.21. The number of hydrogen-bond acceptors (Lipinski definition) is 3. The van der Waals surface area contributed by atoms with Gasteiger partial charge in [-0.2, -0.15) is 0 Å². The van der Waals surface area contributed by atoms with Crippen LogP contribution >= 0.6 is 12.2 Å². The molecule has 1 N–H and O–H groups in total. The normalized spacial score (nSPS) is 17.1. The van der Waals surface area contributed by atoms with Crippen molar-refractivity contribution in [2.45, 2.75) is 53.6 Å². The third-order valence-electron chi connectivity index (χ3n) is 7.89. The molecule has 3 heterocycles. The summed E-state index contributed by atoms with van der Waals surface area (Å²) in [5.74, 6) is 0. The minimum atomic E-state index is -0.0655. The van der Waals surface area contributed by atoms with E-state index in [-0.39, 0.29) is 12.1 Å². The average molecular weight is 524 g/mol. The van der Waals surface area contributed by atoms with Crippen molar-refractivity contribution in [1.29, 1.82) is 0 Å². The van der Waals surface area contributed by atoms with E-state index in [9.17, 15) is 0 Å². The van der Waals surface area contributed by atoms with Crippen molar-refractivity contribution in [2.75, 3.05) is 22.9 Å². The second-order valence-corrected chi connectivity index (χ2v) is 10.5. The molecule has 0 unspecified atom stereocenters. The highest BCUT2D eigenvalue weighted by molar-refractivity contribution is 7.80.